The maximum Gasteiger partial charge on any atom is 0.280 e. The summed E-state index contributed by atoms with van der Waals surface area (Å²) >= 11 is 4.63. The second kappa shape index (κ2) is 3.32. The highest BCUT2D eigenvalue weighted by molar-refractivity contribution is 9.11. The zero-order valence-electron chi connectivity index (χ0n) is 6.14. The predicted octanol–water partition coefficient (Wildman–Crippen LogP) is 1.57. The number of rotatable bonds is 1. The Morgan fingerprint density at radius 3 is 2.73 bits per heavy atom. The van der Waals surface area contributed by atoms with Crippen LogP contribution in [0.1, 0.15) is 15.5 Å². The van der Waals surface area contributed by atoms with Gasteiger partial charge in [0.2, 0.25) is 0 Å². The number of hydrogen-bond acceptors (Lipinski definition) is 3. The number of hydrogen-bond donors (Lipinski definition) is 1. The number of carbonyl (C=O) groups is 1. The zero-order chi connectivity index (χ0) is 8.43. The molecular formula is C6H7BrN2OS. The molecule has 0 aliphatic carbocycles. The smallest absolute Gasteiger partial charge is 0.280 e. The van der Waals surface area contributed by atoms with Gasteiger partial charge < -0.3 is 5.32 Å². The third-order valence-corrected chi connectivity index (χ3v) is 3.17. The Hall–Kier alpha value is -0.420. The van der Waals surface area contributed by atoms with Crippen LogP contribution >= 0.6 is 27.3 Å². The lowest BCUT2D eigenvalue weighted by Gasteiger charge is -1.89. The molecule has 0 spiro atoms. The molecule has 1 N–H and O–H groups in total. The summed E-state index contributed by atoms with van der Waals surface area (Å²) in [6, 6.07) is 0. The Bertz CT molecular complexity index is 265. The Morgan fingerprint density at radius 1 is 1.73 bits per heavy atom. The second-order valence-electron chi connectivity index (χ2n) is 1.96. The highest BCUT2D eigenvalue weighted by Crippen LogP contribution is 2.23. The number of thiazole rings is 1. The van der Waals surface area contributed by atoms with Crippen LogP contribution in [0.2, 0.25) is 0 Å². The molecule has 0 aliphatic rings. The molecule has 0 aliphatic heterocycles. The van der Waals surface area contributed by atoms with Gasteiger partial charge in [-0.25, -0.2) is 4.98 Å². The number of aryl methyl sites for hydroxylation is 1. The standard InChI is InChI=1S/C6H7BrN2OS/c1-3-4(7)11-6(9-3)5(10)8-2/h1-2H3,(H,8,10). The van der Waals surface area contributed by atoms with Crippen molar-refractivity contribution in [3.05, 3.63) is 14.5 Å². The molecule has 0 saturated carbocycles. The number of aromatic nitrogens is 1. The van der Waals surface area contributed by atoms with Gasteiger partial charge in [-0.3, -0.25) is 4.79 Å². The first-order valence-electron chi connectivity index (χ1n) is 3.00. The van der Waals surface area contributed by atoms with E-state index in [0.29, 0.717) is 5.01 Å². The SMILES string of the molecule is CNC(=O)c1nc(C)c(Br)s1. The molecule has 1 rings (SSSR count). The van der Waals surface area contributed by atoms with Crippen molar-refractivity contribution in [2.75, 3.05) is 7.05 Å². The Labute approximate surface area is 77.0 Å². The third kappa shape index (κ3) is 1.78. The van der Waals surface area contributed by atoms with Gasteiger partial charge in [-0.15, -0.1) is 11.3 Å². The summed E-state index contributed by atoms with van der Waals surface area (Å²) in [5.41, 5.74) is 0.855. The van der Waals surface area contributed by atoms with Gasteiger partial charge in [0.15, 0.2) is 5.01 Å². The van der Waals surface area contributed by atoms with Crippen LogP contribution in [0.3, 0.4) is 0 Å². The van der Waals surface area contributed by atoms with Crippen molar-refractivity contribution in [3.63, 3.8) is 0 Å². The van der Waals surface area contributed by atoms with Crippen molar-refractivity contribution in [1.82, 2.24) is 10.3 Å². The minimum atomic E-state index is -0.135. The Morgan fingerprint density at radius 2 is 2.36 bits per heavy atom. The first-order chi connectivity index (χ1) is 5.15. The summed E-state index contributed by atoms with van der Waals surface area (Å²) in [5.74, 6) is -0.135. The van der Waals surface area contributed by atoms with Gasteiger partial charge in [0.1, 0.15) is 0 Å². The van der Waals surface area contributed by atoms with Gasteiger partial charge in [0.05, 0.1) is 9.48 Å². The highest BCUT2D eigenvalue weighted by atomic mass is 79.9. The van der Waals surface area contributed by atoms with Crippen molar-refractivity contribution in [1.29, 1.82) is 0 Å². The van der Waals surface area contributed by atoms with Crippen molar-refractivity contribution in [2.45, 2.75) is 6.92 Å². The zero-order valence-corrected chi connectivity index (χ0v) is 8.54. The van der Waals surface area contributed by atoms with Gasteiger partial charge in [0.25, 0.3) is 5.91 Å². The van der Waals surface area contributed by atoms with E-state index in [9.17, 15) is 4.79 Å². The molecule has 0 atom stereocenters. The molecule has 3 nitrogen and oxygen atoms in total. The molecule has 60 valence electrons. The number of halogens is 1. The van der Waals surface area contributed by atoms with Crippen LogP contribution in [-0.4, -0.2) is 17.9 Å². The molecule has 1 heterocycles. The predicted molar refractivity (Wildman–Crippen MR) is 47.9 cm³/mol. The van der Waals surface area contributed by atoms with Crippen LogP contribution in [-0.2, 0) is 0 Å². The molecule has 0 aromatic carbocycles. The Kier molecular flexibility index (Phi) is 2.62. The molecule has 5 heteroatoms. The quantitative estimate of drug-likeness (QED) is 0.802. The van der Waals surface area contributed by atoms with E-state index in [0.717, 1.165) is 9.48 Å². The van der Waals surface area contributed by atoms with Crippen LogP contribution < -0.4 is 5.32 Å². The van der Waals surface area contributed by atoms with Gasteiger partial charge in [-0.1, -0.05) is 0 Å². The number of carbonyl (C=O) groups excluding carboxylic acids is 1. The van der Waals surface area contributed by atoms with Crippen LogP contribution in [0.4, 0.5) is 0 Å². The third-order valence-electron chi connectivity index (χ3n) is 1.16. The highest BCUT2D eigenvalue weighted by Gasteiger charge is 2.10. The average molecular weight is 235 g/mol. The molecule has 11 heavy (non-hydrogen) atoms. The lowest BCUT2D eigenvalue weighted by atomic mass is 10.5. The van der Waals surface area contributed by atoms with Crippen LogP contribution in [0.5, 0.6) is 0 Å². The van der Waals surface area contributed by atoms with Gasteiger partial charge in [-0.05, 0) is 22.9 Å². The van der Waals surface area contributed by atoms with Crippen molar-refractivity contribution < 1.29 is 4.79 Å². The summed E-state index contributed by atoms with van der Waals surface area (Å²) in [6.45, 7) is 1.85. The van der Waals surface area contributed by atoms with E-state index < -0.39 is 0 Å². The molecule has 1 amide bonds. The summed E-state index contributed by atoms with van der Waals surface area (Å²) < 4.78 is 0.913. The fourth-order valence-corrected chi connectivity index (χ4v) is 1.87. The lowest BCUT2D eigenvalue weighted by Crippen LogP contribution is -2.17. The number of amides is 1. The largest absolute Gasteiger partial charge is 0.353 e. The average Bonchev–Trinajstić information content (AvgIpc) is 2.31. The number of nitrogens with one attached hydrogen (secondary N) is 1. The maximum absolute atomic E-state index is 11.0. The molecular weight excluding hydrogens is 228 g/mol. The van der Waals surface area contributed by atoms with Crippen molar-refractivity contribution in [3.8, 4) is 0 Å². The minimum Gasteiger partial charge on any atom is -0.353 e. The van der Waals surface area contributed by atoms with Crippen molar-refractivity contribution >= 4 is 33.2 Å². The Balaban J connectivity index is 2.97. The fraction of sp³-hybridized carbons (Fsp3) is 0.333. The van der Waals surface area contributed by atoms with E-state index in [-0.39, 0.29) is 5.91 Å². The van der Waals surface area contributed by atoms with Gasteiger partial charge >= 0.3 is 0 Å². The summed E-state index contributed by atoms with van der Waals surface area (Å²) in [7, 11) is 1.59. The molecule has 1 aromatic rings. The molecule has 0 saturated heterocycles. The monoisotopic (exact) mass is 234 g/mol. The second-order valence-corrected chi connectivity index (χ2v) is 4.27. The maximum atomic E-state index is 11.0. The topological polar surface area (TPSA) is 42.0 Å². The van der Waals surface area contributed by atoms with Crippen molar-refractivity contribution in [2.24, 2.45) is 0 Å². The van der Waals surface area contributed by atoms with E-state index in [1.165, 1.54) is 11.3 Å². The fourth-order valence-electron chi connectivity index (χ4n) is 0.582. The van der Waals surface area contributed by atoms with Crippen LogP contribution in [0, 0.1) is 6.92 Å². The van der Waals surface area contributed by atoms with Gasteiger partial charge in [-0.2, -0.15) is 0 Å². The molecule has 0 radical (unpaired) electrons. The molecule has 0 fully saturated rings. The van der Waals surface area contributed by atoms with E-state index >= 15 is 0 Å². The van der Waals surface area contributed by atoms with Gasteiger partial charge in [0, 0.05) is 7.05 Å². The summed E-state index contributed by atoms with van der Waals surface area (Å²) in [6.07, 6.45) is 0. The van der Waals surface area contributed by atoms with Crippen LogP contribution in [0.25, 0.3) is 0 Å². The molecule has 1 aromatic heterocycles. The molecule has 0 unspecified atom stereocenters. The number of nitrogens with zero attached hydrogens (tertiary/aromatic N) is 1. The normalized spacial score (nSPS) is 9.73. The minimum absolute atomic E-state index is 0.135. The van der Waals surface area contributed by atoms with E-state index in [1.807, 2.05) is 6.92 Å². The van der Waals surface area contributed by atoms with E-state index in [1.54, 1.807) is 7.05 Å². The lowest BCUT2D eigenvalue weighted by molar-refractivity contribution is 0.0962. The van der Waals surface area contributed by atoms with Crippen LogP contribution in [0.15, 0.2) is 3.79 Å². The van der Waals surface area contributed by atoms with E-state index in [4.69, 9.17) is 0 Å². The molecule has 0 bridgehead atoms. The first-order valence-corrected chi connectivity index (χ1v) is 4.61. The summed E-state index contributed by atoms with van der Waals surface area (Å²) in [5, 5.41) is 3.01. The van der Waals surface area contributed by atoms with E-state index in [2.05, 4.69) is 26.2 Å². The summed E-state index contributed by atoms with van der Waals surface area (Å²) in [4.78, 5) is 15.0. The first kappa shape index (κ1) is 8.67.